The molecule has 0 radical (unpaired) electrons. The van der Waals surface area contributed by atoms with Gasteiger partial charge in [0.05, 0.1) is 11.7 Å². The number of hydrogen-bond acceptors (Lipinski definition) is 5. The molecule has 1 atom stereocenters. The van der Waals surface area contributed by atoms with Gasteiger partial charge in [0.2, 0.25) is 5.91 Å². The fraction of sp³-hybridized carbons (Fsp3) is 0.355. The Bertz CT molecular complexity index is 1240. The van der Waals surface area contributed by atoms with E-state index in [0.717, 1.165) is 11.1 Å². The molecule has 0 bridgehead atoms. The molecule has 7 nitrogen and oxygen atoms in total. The van der Waals surface area contributed by atoms with Gasteiger partial charge in [0.15, 0.2) is 0 Å². The zero-order valence-corrected chi connectivity index (χ0v) is 22.4. The molecule has 7 heteroatoms. The van der Waals surface area contributed by atoms with Crippen molar-refractivity contribution < 1.29 is 19.1 Å². The highest BCUT2D eigenvalue weighted by Crippen LogP contribution is 2.30. The van der Waals surface area contributed by atoms with Crippen molar-refractivity contribution in [3.63, 3.8) is 0 Å². The van der Waals surface area contributed by atoms with Crippen molar-refractivity contribution in [2.75, 3.05) is 25.4 Å². The minimum absolute atomic E-state index is 0.0591. The van der Waals surface area contributed by atoms with Crippen LogP contribution in [0, 0.1) is 0 Å². The number of aryl methyl sites for hydroxylation is 1. The predicted octanol–water partition coefficient (Wildman–Crippen LogP) is 5.68. The van der Waals surface area contributed by atoms with E-state index in [4.69, 9.17) is 15.2 Å². The number of para-hydroxylation sites is 3. The first-order chi connectivity index (χ1) is 18.2. The van der Waals surface area contributed by atoms with E-state index in [1.54, 1.807) is 11.0 Å². The van der Waals surface area contributed by atoms with Gasteiger partial charge in [-0.3, -0.25) is 4.79 Å². The predicted molar refractivity (Wildman–Crippen MR) is 149 cm³/mol. The summed E-state index contributed by atoms with van der Waals surface area (Å²) in [6.07, 6.45) is 1.20. The van der Waals surface area contributed by atoms with Crippen LogP contribution in [-0.2, 0) is 22.4 Å². The average molecular weight is 516 g/mol. The number of nitrogen functional groups attached to an aromatic ring is 1. The molecule has 1 saturated heterocycles. The molecule has 1 heterocycles. The molecule has 3 aromatic rings. The monoisotopic (exact) mass is 515 g/mol. The molecule has 0 spiro atoms. The molecule has 1 aliphatic heterocycles. The summed E-state index contributed by atoms with van der Waals surface area (Å²) in [5.74, 6) is 1.34. The van der Waals surface area contributed by atoms with E-state index in [1.165, 1.54) is 0 Å². The maximum Gasteiger partial charge on any atom is 0.410 e. The standard InChI is InChI=1S/C31H37N3O4/c1-31(2,3)38-30(36)33-19-20-34(25(22-33)21-23-11-5-4-6-12-23)29(35)18-17-24-13-7-9-15-27(24)37-28-16-10-8-14-26(28)32/h4-16,25H,17-22,32H2,1-3H3/t25-/m1/s1. The third-order valence-electron chi connectivity index (χ3n) is 6.49. The van der Waals surface area contributed by atoms with E-state index >= 15 is 0 Å². The summed E-state index contributed by atoms with van der Waals surface area (Å²) in [4.78, 5) is 30.0. The summed E-state index contributed by atoms with van der Waals surface area (Å²) in [7, 11) is 0. The second-order valence-electron chi connectivity index (χ2n) is 10.6. The first-order valence-electron chi connectivity index (χ1n) is 13.1. The SMILES string of the molecule is CC(C)(C)OC(=O)N1CCN(C(=O)CCc2ccccc2Oc2ccccc2N)[C@H](Cc2ccccc2)C1. The molecule has 2 N–H and O–H groups in total. The lowest BCUT2D eigenvalue weighted by Crippen LogP contribution is -2.57. The Balaban J connectivity index is 1.45. The molecule has 0 saturated carbocycles. The number of carbonyl (C=O) groups is 2. The summed E-state index contributed by atoms with van der Waals surface area (Å²) in [5.41, 5.74) is 8.12. The van der Waals surface area contributed by atoms with E-state index in [-0.39, 0.29) is 18.0 Å². The summed E-state index contributed by atoms with van der Waals surface area (Å²) < 4.78 is 11.7. The molecular formula is C31H37N3O4. The molecule has 0 aromatic heterocycles. The number of rotatable bonds is 7. The number of anilines is 1. The largest absolute Gasteiger partial charge is 0.455 e. The second-order valence-corrected chi connectivity index (χ2v) is 10.6. The fourth-order valence-corrected chi connectivity index (χ4v) is 4.62. The van der Waals surface area contributed by atoms with Crippen LogP contribution in [0.4, 0.5) is 10.5 Å². The maximum absolute atomic E-state index is 13.5. The number of amides is 2. The van der Waals surface area contributed by atoms with E-state index in [2.05, 4.69) is 12.1 Å². The van der Waals surface area contributed by atoms with Gasteiger partial charge in [0.1, 0.15) is 17.1 Å². The van der Waals surface area contributed by atoms with E-state index < -0.39 is 5.60 Å². The van der Waals surface area contributed by atoms with Crippen molar-refractivity contribution >= 4 is 17.7 Å². The number of carbonyl (C=O) groups excluding carboxylic acids is 2. The Morgan fingerprint density at radius 2 is 1.55 bits per heavy atom. The molecule has 200 valence electrons. The van der Waals surface area contributed by atoms with Gasteiger partial charge in [-0.05, 0) is 62.9 Å². The lowest BCUT2D eigenvalue weighted by atomic mass is 10.0. The molecule has 4 rings (SSSR count). The number of ether oxygens (including phenoxy) is 2. The molecule has 38 heavy (non-hydrogen) atoms. The van der Waals surface area contributed by atoms with Gasteiger partial charge >= 0.3 is 6.09 Å². The zero-order valence-electron chi connectivity index (χ0n) is 22.4. The van der Waals surface area contributed by atoms with Gasteiger partial charge in [-0.15, -0.1) is 0 Å². The van der Waals surface area contributed by atoms with E-state index in [9.17, 15) is 9.59 Å². The fourth-order valence-electron chi connectivity index (χ4n) is 4.62. The number of nitrogens with zero attached hydrogens (tertiary/aromatic N) is 2. The minimum Gasteiger partial charge on any atom is -0.455 e. The Hall–Kier alpha value is -4.00. The van der Waals surface area contributed by atoms with Crippen molar-refractivity contribution in [3.05, 3.63) is 90.0 Å². The maximum atomic E-state index is 13.5. The van der Waals surface area contributed by atoms with Crippen molar-refractivity contribution in [1.29, 1.82) is 0 Å². The van der Waals surface area contributed by atoms with Gasteiger partial charge < -0.3 is 25.0 Å². The highest BCUT2D eigenvalue weighted by atomic mass is 16.6. The van der Waals surface area contributed by atoms with Crippen molar-refractivity contribution in [2.24, 2.45) is 0 Å². The van der Waals surface area contributed by atoms with Crippen LogP contribution >= 0.6 is 0 Å². The third kappa shape index (κ3) is 7.28. The minimum atomic E-state index is -0.571. The zero-order chi connectivity index (χ0) is 27.1. The lowest BCUT2D eigenvalue weighted by Gasteiger charge is -2.42. The van der Waals surface area contributed by atoms with Crippen LogP contribution in [-0.4, -0.2) is 53.1 Å². The Morgan fingerprint density at radius 1 is 0.895 bits per heavy atom. The normalized spacial score (nSPS) is 15.7. The molecule has 1 aliphatic rings. The number of hydrogen-bond donors (Lipinski definition) is 1. The Kier molecular flexibility index (Phi) is 8.56. The number of benzene rings is 3. The smallest absolute Gasteiger partial charge is 0.410 e. The van der Waals surface area contributed by atoms with Gasteiger partial charge in [0, 0.05) is 26.1 Å². The van der Waals surface area contributed by atoms with Crippen molar-refractivity contribution in [1.82, 2.24) is 9.80 Å². The quantitative estimate of drug-likeness (QED) is 0.409. The van der Waals surface area contributed by atoms with Crippen LogP contribution in [0.3, 0.4) is 0 Å². The lowest BCUT2D eigenvalue weighted by molar-refractivity contribution is -0.136. The summed E-state index contributed by atoms with van der Waals surface area (Å²) >= 11 is 0. The van der Waals surface area contributed by atoms with E-state index in [1.807, 2.05) is 86.3 Å². The number of piperazine rings is 1. The first-order valence-corrected chi connectivity index (χ1v) is 13.1. The first kappa shape index (κ1) is 27.0. The van der Waals surface area contributed by atoms with Crippen LogP contribution in [0.25, 0.3) is 0 Å². The molecular weight excluding hydrogens is 478 g/mol. The third-order valence-corrected chi connectivity index (χ3v) is 6.49. The molecule has 3 aromatic carbocycles. The molecule has 0 unspecified atom stereocenters. The van der Waals surface area contributed by atoms with Gasteiger partial charge in [-0.25, -0.2) is 4.79 Å². The van der Waals surface area contributed by atoms with Gasteiger partial charge in [-0.1, -0.05) is 60.7 Å². The molecule has 1 fully saturated rings. The van der Waals surface area contributed by atoms with Crippen molar-refractivity contribution in [3.8, 4) is 11.5 Å². The highest BCUT2D eigenvalue weighted by molar-refractivity contribution is 5.78. The molecule has 0 aliphatic carbocycles. The number of nitrogens with two attached hydrogens (primary N) is 1. The van der Waals surface area contributed by atoms with Gasteiger partial charge in [-0.2, -0.15) is 0 Å². The van der Waals surface area contributed by atoms with E-state index in [0.29, 0.717) is 56.1 Å². The molecule has 2 amide bonds. The topological polar surface area (TPSA) is 85.1 Å². The van der Waals surface area contributed by atoms with Gasteiger partial charge in [0.25, 0.3) is 0 Å². The summed E-state index contributed by atoms with van der Waals surface area (Å²) in [6, 6.07) is 25.0. The van der Waals surface area contributed by atoms with Crippen LogP contribution in [0.1, 0.15) is 38.3 Å². The second kappa shape index (κ2) is 12.0. The Labute approximate surface area is 225 Å². The van der Waals surface area contributed by atoms with Crippen LogP contribution < -0.4 is 10.5 Å². The summed E-state index contributed by atoms with van der Waals surface area (Å²) in [6.45, 7) is 6.93. The van der Waals surface area contributed by atoms with Crippen molar-refractivity contribution in [2.45, 2.75) is 51.7 Å². The average Bonchev–Trinajstić information content (AvgIpc) is 2.89. The van der Waals surface area contributed by atoms with Crippen LogP contribution in [0.5, 0.6) is 11.5 Å². The van der Waals surface area contributed by atoms with Crippen LogP contribution in [0.2, 0.25) is 0 Å². The Morgan fingerprint density at radius 3 is 2.26 bits per heavy atom. The van der Waals surface area contributed by atoms with Crippen LogP contribution in [0.15, 0.2) is 78.9 Å². The summed E-state index contributed by atoms with van der Waals surface area (Å²) in [5, 5.41) is 0. The highest BCUT2D eigenvalue weighted by Gasteiger charge is 2.34.